The van der Waals surface area contributed by atoms with Crippen LogP contribution >= 0.6 is 11.6 Å². The number of benzene rings is 4. The number of allylic oxidation sites excluding steroid dienone is 2. The van der Waals surface area contributed by atoms with E-state index in [1.54, 1.807) is 36.4 Å². The average Bonchev–Trinajstić information content (AvgIpc) is 3.53. The minimum Gasteiger partial charge on any atom is -0.491 e. The number of carbonyl (C=O) groups is 4. The van der Waals surface area contributed by atoms with E-state index in [2.05, 4.69) is 5.43 Å². The number of rotatable bonds is 9. The topological polar surface area (TPSA) is 116 Å². The molecule has 4 aromatic rings. The van der Waals surface area contributed by atoms with Gasteiger partial charge in [-0.15, -0.1) is 0 Å². The highest BCUT2D eigenvalue weighted by Gasteiger charge is 2.70. The molecule has 0 bridgehead atoms. The summed E-state index contributed by atoms with van der Waals surface area (Å²) < 4.78 is 19.5. The van der Waals surface area contributed by atoms with Gasteiger partial charge in [0.05, 0.1) is 42.0 Å². The fraction of sp³-hybridized carbons (Fsp3) is 0.268. The summed E-state index contributed by atoms with van der Waals surface area (Å²) in [6, 6.07) is 28.9. The molecule has 4 aromatic carbocycles. The third-order valence-corrected chi connectivity index (χ3v) is 11.4. The van der Waals surface area contributed by atoms with Crippen molar-refractivity contribution in [3.8, 4) is 5.75 Å². The molecule has 2 aliphatic heterocycles. The molecule has 9 nitrogen and oxygen atoms in total. The van der Waals surface area contributed by atoms with Gasteiger partial charge in [0.15, 0.2) is 0 Å². The molecule has 4 amide bonds. The van der Waals surface area contributed by atoms with E-state index in [1.807, 2.05) is 48.5 Å². The number of anilines is 1. The summed E-state index contributed by atoms with van der Waals surface area (Å²) in [5.41, 5.74) is 4.78. The number of amides is 4. The van der Waals surface area contributed by atoms with Gasteiger partial charge in [0.2, 0.25) is 11.8 Å². The van der Waals surface area contributed by atoms with Gasteiger partial charge in [-0.1, -0.05) is 77.8 Å². The SMILES string of the molecule is O=C1[C@H]2[C@H](CC=C3[C@H]2C[C@H]2C(=O)N(Nc4ccc(F)cc4)C(=O)[C@@]2(c2ccc(Cl)cc2)[C@H]3c2ccc(OCCO)cc2)C(=O)N1Cc1ccccc1. The van der Waals surface area contributed by atoms with Gasteiger partial charge in [0, 0.05) is 10.9 Å². The van der Waals surface area contributed by atoms with E-state index in [4.69, 9.17) is 16.3 Å². The molecule has 6 atom stereocenters. The van der Waals surface area contributed by atoms with Crippen LogP contribution in [0.3, 0.4) is 0 Å². The molecular weight excluding hydrogens is 685 g/mol. The second-order valence-corrected chi connectivity index (χ2v) is 14.2. The maximum Gasteiger partial charge on any atom is 0.260 e. The molecule has 0 radical (unpaired) electrons. The molecule has 264 valence electrons. The first-order chi connectivity index (χ1) is 25.2. The lowest BCUT2D eigenvalue weighted by molar-refractivity contribution is -0.142. The minimum absolute atomic E-state index is 0.0997. The summed E-state index contributed by atoms with van der Waals surface area (Å²) >= 11 is 6.37. The molecule has 52 heavy (non-hydrogen) atoms. The maximum absolute atomic E-state index is 15.2. The predicted molar refractivity (Wildman–Crippen MR) is 190 cm³/mol. The fourth-order valence-electron chi connectivity index (χ4n) is 8.94. The van der Waals surface area contributed by atoms with Crippen molar-refractivity contribution in [3.63, 3.8) is 0 Å². The number of carbonyl (C=O) groups excluding carboxylic acids is 4. The molecule has 2 saturated heterocycles. The summed E-state index contributed by atoms with van der Waals surface area (Å²) in [7, 11) is 0. The number of imide groups is 2. The van der Waals surface area contributed by atoms with Gasteiger partial charge in [-0.2, -0.15) is 5.01 Å². The van der Waals surface area contributed by atoms with Crippen molar-refractivity contribution in [2.45, 2.75) is 30.7 Å². The van der Waals surface area contributed by atoms with Crippen LogP contribution in [0.2, 0.25) is 5.02 Å². The normalized spacial score (nSPS) is 26.5. The highest BCUT2D eigenvalue weighted by molar-refractivity contribution is 6.30. The van der Waals surface area contributed by atoms with E-state index in [-0.39, 0.29) is 38.0 Å². The second-order valence-electron chi connectivity index (χ2n) is 13.8. The maximum atomic E-state index is 15.2. The van der Waals surface area contributed by atoms with Gasteiger partial charge in [0.1, 0.15) is 18.2 Å². The Morgan fingerprint density at radius 3 is 2.25 bits per heavy atom. The number of aliphatic hydroxyl groups excluding tert-OH is 1. The van der Waals surface area contributed by atoms with Crippen LogP contribution in [0.4, 0.5) is 10.1 Å². The predicted octanol–water partition coefficient (Wildman–Crippen LogP) is 6.04. The molecule has 0 unspecified atom stereocenters. The molecule has 2 heterocycles. The molecule has 8 rings (SSSR count). The standard InChI is InChI=1S/C41H35ClFN3O6/c42-27-10-8-26(9-11-27)41-34(38(49)46(40(41)51)44-29-14-12-28(43)13-15-29)22-33-31(36(41)25-6-16-30(17-7-25)52-21-20-47)18-19-32-35(33)39(50)45(37(32)48)23-24-4-2-1-3-5-24/h1-18,32-36,44,47H,19-23H2/t32-,33+,34-,35-,36-,41+/m0/s1. The molecule has 11 heteroatoms. The Hall–Kier alpha value is -5.32. The number of ether oxygens (including phenoxy) is 1. The Labute approximate surface area is 304 Å². The molecule has 2 aliphatic carbocycles. The van der Waals surface area contributed by atoms with Crippen LogP contribution < -0.4 is 10.2 Å². The van der Waals surface area contributed by atoms with Crippen LogP contribution in [-0.4, -0.2) is 51.9 Å². The van der Waals surface area contributed by atoms with Gasteiger partial charge < -0.3 is 9.84 Å². The van der Waals surface area contributed by atoms with Crippen LogP contribution in [0.5, 0.6) is 5.75 Å². The van der Waals surface area contributed by atoms with Gasteiger partial charge >= 0.3 is 0 Å². The molecule has 0 spiro atoms. The average molecular weight is 720 g/mol. The molecule has 0 aromatic heterocycles. The number of nitrogens with one attached hydrogen (secondary N) is 1. The largest absolute Gasteiger partial charge is 0.491 e. The van der Waals surface area contributed by atoms with E-state index < -0.39 is 52.6 Å². The van der Waals surface area contributed by atoms with Crippen LogP contribution in [0, 0.1) is 29.5 Å². The molecule has 3 fully saturated rings. The Balaban J connectivity index is 1.28. The van der Waals surface area contributed by atoms with Gasteiger partial charge in [0.25, 0.3) is 11.8 Å². The Kier molecular flexibility index (Phi) is 8.67. The summed E-state index contributed by atoms with van der Waals surface area (Å²) in [6.07, 6.45) is 2.46. The Bertz CT molecular complexity index is 2070. The Morgan fingerprint density at radius 1 is 0.846 bits per heavy atom. The van der Waals surface area contributed by atoms with Crippen molar-refractivity contribution < 1.29 is 33.4 Å². The highest BCUT2D eigenvalue weighted by Crippen LogP contribution is 2.64. The van der Waals surface area contributed by atoms with E-state index in [1.165, 1.54) is 29.2 Å². The Morgan fingerprint density at radius 2 is 1.56 bits per heavy atom. The zero-order chi connectivity index (χ0) is 36.1. The first-order valence-corrected chi connectivity index (χ1v) is 17.7. The highest BCUT2D eigenvalue weighted by atomic mass is 35.5. The van der Waals surface area contributed by atoms with Crippen LogP contribution in [0.25, 0.3) is 0 Å². The van der Waals surface area contributed by atoms with Crippen molar-refractivity contribution in [2.75, 3.05) is 18.6 Å². The summed E-state index contributed by atoms with van der Waals surface area (Å²) in [6.45, 7) is 0.0874. The van der Waals surface area contributed by atoms with Gasteiger partial charge in [-0.25, -0.2) is 4.39 Å². The van der Waals surface area contributed by atoms with Crippen LogP contribution in [0.15, 0.2) is 115 Å². The van der Waals surface area contributed by atoms with E-state index in [0.29, 0.717) is 34.0 Å². The molecular formula is C41H35ClFN3O6. The number of aliphatic hydroxyl groups is 1. The lowest BCUT2D eigenvalue weighted by Gasteiger charge is -2.50. The van der Waals surface area contributed by atoms with Crippen molar-refractivity contribution in [1.82, 2.24) is 9.91 Å². The quantitative estimate of drug-likeness (QED) is 0.160. The van der Waals surface area contributed by atoms with E-state index >= 15 is 4.79 Å². The number of halogens is 2. The van der Waals surface area contributed by atoms with Gasteiger partial charge in [-0.3, -0.25) is 29.5 Å². The zero-order valence-electron chi connectivity index (χ0n) is 28.0. The number of hydrazine groups is 1. The number of hydrogen-bond donors (Lipinski definition) is 2. The second kappa shape index (κ2) is 13.3. The van der Waals surface area contributed by atoms with Crippen LogP contribution in [0.1, 0.15) is 35.4 Å². The van der Waals surface area contributed by atoms with E-state index in [9.17, 15) is 23.9 Å². The smallest absolute Gasteiger partial charge is 0.260 e. The van der Waals surface area contributed by atoms with Crippen LogP contribution in [-0.2, 0) is 31.1 Å². The number of likely N-dealkylation sites (tertiary alicyclic amines) is 1. The first kappa shape index (κ1) is 33.8. The zero-order valence-corrected chi connectivity index (χ0v) is 28.7. The lowest BCUT2D eigenvalue weighted by Crippen LogP contribution is -2.53. The third-order valence-electron chi connectivity index (χ3n) is 11.1. The first-order valence-electron chi connectivity index (χ1n) is 17.3. The number of fused-ring (bicyclic) bond motifs is 4. The van der Waals surface area contributed by atoms with E-state index in [0.717, 1.165) is 16.1 Å². The van der Waals surface area contributed by atoms with Crippen molar-refractivity contribution in [3.05, 3.63) is 142 Å². The summed E-state index contributed by atoms with van der Waals surface area (Å²) in [5.74, 6) is -4.95. The minimum atomic E-state index is -1.48. The summed E-state index contributed by atoms with van der Waals surface area (Å²) in [4.78, 5) is 59.6. The van der Waals surface area contributed by atoms with Gasteiger partial charge in [-0.05, 0) is 84.0 Å². The number of hydrogen-bond acceptors (Lipinski definition) is 7. The molecule has 2 N–H and O–H groups in total. The van der Waals surface area contributed by atoms with Crippen molar-refractivity contribution in [2.24, 2.45) is 23.7 Å². The lowest BCUT2D eigenvalue weighted by atomic mass is 9.49. The third kappa shape index (κ3) is 5.40. The summed E-state index contributed by atoms with van der Waals surface area (Å²) in [5, 5.41) is 10.8. The molecule has 4 aliphatic rings. The van der Waals surface area contributed by atoms with Crippen molar-refractivity contribution in [1.29, 1.82) is 0 Å². The fourth-order valence-corrected chi connectivity index (χ4v) is 9.06. The monoisotopic (exact) mass is 719 g/mol. The number of nitrogens with zero attached hydrogens (tertiary/aromatic N) is 2. The van der Waals surface area contributed by atoms with Crippen molar-refractivity contribution >= 4 is 40.9 Å². The molecule has 1 saturated carbocycles.